The quantitative estimate of drug-likeness (QED) is 0.602. The Balaban J connectivity index is 2.42. The molecule has 0 N–H and O–H groups in total. The third-order valence-corrected chi connectivity index (χ3v) is 3.25. The zero-order valence-corrected chi connectivity index (χ0v) is 12.0. The van der Waals surface area contributed by atoms with Crippen molar-refractivity contribution in [2.75, 3.05) is 0 Å². The number of aryl methyl sites for hydroxylation is 2. The minimum atomic E-state index is 0.805. The van der Waals surface area contributed by atoms with Gasteiger partial charge in [-0.3, -0.25) is 0 Å². The van der Waals surface area contributed by atoms with E-state index in [1.807, 2.05) is 0 Å². The van der Waals surface area contributed by atoms with Crippen molar-refractivity contribution < 1.29 is 0 Å². The highest BCUT2D eigenvalue weighted by molar-refractivity contribution is 5.23. The van der Waals surface area contributed by atoms with Gasteiger partial charge in [-0.25, -0.2) is 0 Å². The van der Waals surface area contributed by atoms with Gasteiger partial charge in [-0.1, -0.05) is 58.4 Å². The van der Waals surface area contributed by atoms with Gasteiger partial charge in [-0.2, -0.15) is 0 Å². The first-order valence-corrected chi connectivity index (χ1v) is 7.15. The Morgan fingerprint density at radius 1 is 0.824 bits per heavy atom. The third-order valence-electron chi connectivity index (χ3n) is 3.25. The molecule has 0 atom stereocenters. The minimum Gasteiger partial charge on any atom is -0.0628 e. The van der Waals surface area contributed by atoms with Gasteiger partial charge < -0.3 is 0 Å². The second-order valence-electron chi connectivity index (χ2n) is 6.04. The van der Waals surface area contributed by atoms with Crippen LogP contribution in [0.1, 0.15) is 58.1 Å². The van der Waals surface area contributed by atoms with Crippen LogP contribution in [0.4, 0.5) is 0 Å². The van der Waals surface area contributed by atoms with E-state index in [0.29, 0.717) is 0 Å². The molecule has 17 heavy (non-hydrogen) atoms. The Morgan fingerprint density at radius 3 is 2.00 bits per heavy atom. The molecule has 0 aromatic heterocycles. The molecule has 0 aliphatic carbocycles. The molecule has 0 heteroatoms. The summed E-state index contributed by atoms with van der Waals surface area (Å²) in [4.78, 5) is 0. The van der Waals surface area contributed by atoms with Crippen molar-refractivity contribution in [3.8, 4) is 0 Å². The molecule has 1 rings (SSSR count). The summed E-state index contributed by atoms with van der Waals surface area (Å²) in [5.74, 6) is 1.64. The third kappa shape index (κ3) is 6.51. The highest BCUT2D eigenvalue weighted by Crippen LogP contribution is 2.14. The Hall–Kier alpha value is -0.780. The molecule has 0 unspecified atom stereocenters. The lowest BCUT2D eigenvalue weighted by atomic mass is 9.98. The van der Waals surface area contributed by atoms with Gasteiger partial charge in [0.25, 0.3) is 0 Å². The molecule has 0 radical (unpaired) electrons. The maximum absolute atomic E-state index is 2.41. The van der Waals surface area contributed by atoms with Gasteiger partial charge in [0.05, 0.1) is 0 Å². The maximum Gasteiger partial charge on any atom is -0.0276 e. The topological polar surface area (TPSA) is 0 Å². The molecular weight excluding hydrogens is 204 g/mol. The van der Waals surface area contributed by atoms with E-state index in [9.17, 15) is 0 Å². The van der Waals surface area contributed by atoms with Crippen LogP contribution >= 0.6 is 0 Å². The molecule has 0 aliphatic rings. The first-order chi connectivity index (χ1) is 8.08. The zero-order valence-electron chi connectivity index (χ0n) is 12.0. The van der Waals surface area contributed by atoms with Gasteiger partial charge >= 0.3 is 0 Å². The van der Waals surface area contributed by atoms with Crippen molar-refractivity contribution in [3.05, 3.63) is 35.4 Å². The summed E-state index contributed by atoms with van der Waals surface area (Å²) in [5.41, 5.74) is 3.03. The Kier molecular flexibility index (Phi) is 6.32. The second-order valence-corrected chi connectivity index (χ2v) is 6.04. The predicted octanol–water partition coefficient (Wildman–Crippen LogP) is 5.25. The van der Waals surface area contributed by atoms with E-state index >= 15 is 0 Å². The highest BCUT2D eigenvalue weighted by Gasteiger charge is 2.00. The van der Waals surface area contributed by atoms with Gasteiger partial charge in [0, 0.05) is 0 Å². The van der Waals surface area contributed by atoms with Crippen molar-refractivity contribution in [1.82, 2.24) is 0 Å². The lowest BCUT2D eigenvalue weighted by Gasteiger charge is -2.08. The lowest BCUT2D eigenvalue weighted by molar-refractivity contribution is 0.555. The molecule has 0 fully saturated rings. The summed E-state index contributed by atoms with van der Waals surface area (Å²) >= 11 is 0. The Bertz CT molecular complexity index is 310. The molecular formula is C17H28. The standard InChI is InChI=1S/C17H28/c1-14(2)7-5-8-16-9-6-10-17(13-16)12-11-15(3)4/h6,9-10,13-15H,5,7-8,11-12H2,1-4H3. The molecule has 1 aromatic rings. The van der Waals surface area contributed by atoms with Crippen molar-refractivity contribution in [2.45, 2.75) is 59.8 Å². The molecule has 0 bridgehead atoms. The molecule has 1 aromatic carbocycles. The monoisotopic (exact) mass is 232 g/mol. The van der Waals surface area contributed by atoms with Crippen LogP contribution in [-0.4, -0.2) is 0 Å². The average molecular weight is 232 g/mol. The molecule has 0 nitrogen and oxygen atoms in total. The molecule has 96 valence electrons. The number of rotatable bonds is 7. The number of benzene rings is 1. The molecule has 0 saturated heterocycles. The summed E-state index contributed by atoms with van der Waals surface area (Å²) in [6.45, 7) is 9.21. The fourth-order valence-electron chi connectivity index (χ4n) is 2.11. The van der Waals surface area contributed by atoms with Gasteiger partial charge in [0.15, 0.2) is 0 Å². The highest BCUT2D eigenvalue weighted by atomic mass is 14.1. The van der Waals surface area contributed by atoms with E-state index < -0.39 is 0 Å². The van der Waals surface area contributed by atoms with E-state index in [-0.39, 0.29) is 0 Å². The largest absolute Gasteiger partial charge is 0.0628 e. The van der Waals surface area contributed by atoms with E-state index in [1.165, 1.54) is 43.2 Å². The number of hydrogen-bond acceptors (Lipinski definition) is 0. The minimum absolute atomic E-state index is 0.805. The maximum atomic E-state index is 2.41. The van der Waals surface area contributed by atoms with Crippen LogP contribution in [0.15, 0.2) is 24.3 Å². The zero-order chi connectivity index (χ0) is 12.7. The van der Waals surface area contributed by atoms with Gasteiger partial charge in [0.1, 0.15) is 0 Å². The van der Waals surface area contributed by atoms with Crippen molar-refractivity contribution in [3.63, 3.8) is 0 Å². The summed E-state index contributed by atoms with van der Waals surface area (Å²) in [6.07, 6.45) is 6.44. The molecule has 0 heterocycles. The van der Waals surface area contributed by atoms with Crippen LogP contribution in [0.2, 0.25) is 0 Å². The Morgan fingerprint density at radius 2 is 1.41 bits per heavy atom. The van der Waals surface area contributed by atoms with E-state index in [2.05, 4.69) is 52.0 Å². The van der Waals surface area contributed by atoms with Crippen LogP contribution < -0.4 is 0 Å². The van der Waals surface area contributed by atoms with E-state index in [4.69, 9.17) is 0 Å². The summed E-state index contributed by atoms with van der Waals surface area (Å²) in [5, 5.41) is 0. The average Bonchev–Trinajstić information content (AvgIpc) is 2.26. The van der Waals surface area contributed by atoms with Gasteiger partial charge in [-0.15, -0.1) is 0 Å². The molecule has 0 saturated carbocycles. The van der Waals surface area contributed by atoms with Gasteiger partial charge in [0.2, 0.25) is 0 Å². The van der Waals surface area contributed by atoms with Gasteiger partial charge in [-0.05, 0) is 48.6 Å². The lowest BCUT2D eigenvalue weighted by Crippen LogP contribution is -1.95. The van der Waals surface area contributed by atoms with E-state index in [1.54, 1.807) is 0 Å². The molecule has 0 amide bonds. The fraction of sp³-hybridized carbons (Fsp3) is 0.647. The van der Waals surface area contributed by atoms with Crippen LogP contribution in [0, 0.1) is 11.8 Å². The summed E-state index contributed by atoms with van der Waals surface area (Å²) < 4.78 is 0. The fourth-order valence-corrected chi connectivity index (χ4v) is 2.11. The predicted molar refractivity (Wildman–Crippen MR) is 77.4 cm³/mol. The summed E-state index contributed by atoms with van der Waals surface area (Å²) in [7, 11) is 0. The first kappa shape index (κ1) is 14.3. The van der Waals surface area contributed by atoms with Crippen molar-refractivity contribution in [2.24, 2.45) is 11.8 Å². The van der Waals surface area contributed by atoms with Crippen molar-refractivity contribution >= 4 is 0 Å². The second kappa shape index (κ2) is 7.53. The van der Waals surface area contributed by atoms with E-state index in [0.717, 1.165) is 11.8 Å². The Labute approximate surface area is 107 Å². The normalized spacial score (nSPS) is 11.4. The van der Waals surface area contributed by atoms with Crippen LogP contribution in [-0.2, 0) is 12.8 Å². The van der Waals surface area contributed by atoms with Crippen LogP contribution in [0.3, 0.4) is 0 Å². The smallest absolute Gasteiger partial charge is 0.0276 e. The SMILES string of the molecule is CC(C)CCCc1cccc(CCC(C)C)c1. The first-order valence-electron chi connectivity index (χ1n) is 7.15. The molecule has 0 aliphatic heterocycles. The van der Waals surface area contributed by atoms with Crippen LogP contribution in [0.25, 0.3) is 0 Å². The number of hydrogen-bond donors (Lipinski definition) is 0. The molecule has 0 spiro atoms. The summed E-state index contributed by atoms with van der Waals surface area (Å²) in [6, 6.07) is 9.18. The van der Waals surface area contributed by atoms with Crippen LogP contribution in [0.5, 0.6) is 0 Å². The van der Waals surface area contributed by atoms with Crippen molar-refractivity contribution in [1.29, 1.82) is 0 Å².